The fourth-order valence-electron chi connectivity index (χ4n) is 3.39. The molecule has 2 aromatic rings. The van der Waals surface area contributed by atoms with Crippen LogP contribution in [0.3, 0.4) is 0 Å². The maximum atomic E-state index is 6.35. The Morgan fingerprint density at radius 2 is 2.24 bits per heavy atom. The van der Waals surface area contributed by atoms with Crippen molar-refractivity contribution in [2.24, 2.45) is 5.73 Å². The van der Waals surface area contributed by atoms with E-state index < -0.39 is 0 Å². The van der Waals surface area contributed by atoms with Gasteiger partial charge in [0.1, 0.15) is 0 Å². The summed E-state index contributed by atoms with van der Waals surface area (Å²) in [5.74, 6) is 0. The van der Waals surface area contributed by atoms with Gasteiger partial charge in [0.25, 0.3) is 0 Å². The van der Waals surface area contributed by atoms with Crippen LogP contribution in [0.1, 0.15) is 47.2 Å². The highest BCUT2D eigenvalue weighted by Gasteiger charge is 2.35. The molecule has 0 amide bonds. The summed E-state index contributed by atoms with van der Waals surface area (Å²) >= 11 is 1.87. The van der Waals surface area contributed by atoms with E-state index in [0.29, 0.717) is 12.1 Å². The maximum absolute atomic E-state index is 6.35. The van der Waals surface area contributed by atoms with Crippen LogP contribution in [0.2, 0.25) is 0 Å². The summed E-state index contributed by atoms with van der Waals surface area (Å²) in [5.41, 5.74) is 7.66. The lowest BCUT2D eigenvalue weighted by molar-refractivity contribution is 0.163. The lowest BCUT2D eigenvalue weighted by Gasteiger charge is -2.35. The summed E-state index contributed by atoms with van der Waals surface area (Å²) in [7, 11) is 0. The highest BCUT2D eigenvalue weighted by atomic mass is 32.1. The Kier molecular flexibility index (Phi) is 4.38. The maximum Gasteiger partial charge on any atom is 0.0596 e. The number of nitrogens with zero attached hydrogens (tertiary/aromatic N) is 2. The summed E-state index contributed by atoms with van der Waals surface area (Å²) in [5, 5.41) is 0. The van der Waals surface area contributed by atoms with E-state index in [1.165, 1.54) is 28.2 Å². The number of hydrogen-bond acceptors (Lipinski definition) is 4. The molecule has 1 saturated heterocycles. The second kappa shape index (κ2) is 6.26. The van der Waals surface area contributed by atoms with Crippen LogP contribution in [0.4, 0.5) is 0 Å². The average molecular weight is 301 g/mol. The van der Waals surface area contributed by atoms with Gasteiger partial charge in [-0.3, -0.25) is 9.88 Å². The summed E-state index contributed by atoms with van der Waals surface area (Å²) in [6.45, 7) is 5.40. The largest absolute Gasteiger partial charge is 0.326 e. The number of rotatable bonds is 4. The first-order valence-corrected chi connectivity index (χ1v) is 8.46. The molecule has 0 aromatic carbocycles. The van der Waals surface area contributed by atoms with Crippen molar-refractivity contribution in [2.45, 2.75) is 44.8 Å². The van der Waals surface area contributed by atoms with Crippen molar-refractivity contribution in [3.05, 3.63) is 52.0 Å². The number of likely N-dealkylation sites (tertiary alicyclic amines) is 1. The molecule has 0 saturated carbocycles. The number of nitrogens with two attached hydrogens (primary N) is 1. The second-order valence-corrected chi connectivity index (χ2v) is 7.25. The number of thiophene rings is 1. The molecule has 0 radical (unpaired) electrons. The molecular formula is C17H23N3S. The van der Waals surface area contributed by atoms with E-state index in [4.69, 9.17) is 5.73 Å². The van der Waals surface area contributed by atoms with Crippen molar-refractivity contribution in [3.63, 3.8) is 0 Å². The van der Waals surface area contributed by atoms with Crippen LogP contribution in [0.25, 0.3) is 0 Å². The number of pyridine rings is 1. The molecule has 3 atom stereocenters. The number of aromatic nitrogens is 1. The average Bonchev–Trinajstić information content (AvgIpc) is 3.10. The Morgan fingerprint density at radius 1 is 1.38 bits per heavy atom. The summed E-state index contributed by atoms with van der Waals surface area (Å²) in [6.07, 6.45) is 6.27. The minimum Gasteiger partial charge on any atom is -0.326 e. The smallest absolute Gasteiger partial charge is 0.0596 e. The normalized spacial score (nSPS) is 22.3. The predicted molar refractivity (Wildman–Crippen MR) is 88.4 cm³/mol. The molecule has 3 heterocycles. The first kappa shape index (κ1) is 14.7. The van der Waals surface area contributed by atoms with Crippen LogP contribution in [0, 0.1) is 6.92 Å². The van der Waals surface area contributed by atoms with Crippen molar-refractivity contribution in [3.8, 4) is 0 Å². The monoisotopic (exact) mass is 301 g/mol. The van der Waals surface area contributed by atoms with Gasteiger partial charge in [0.05, 0.1) is 6.04 Å². The van der Waals surface area contributed by atoms with Crippen LogP contribution in [-0.2, 0) is 0 Å². The zero-order valence-electron chi connectivity index (χ0n) is 12.7. The summed E-state index contributed by atoms with van der Waals surface area (Å²) < 4.78 is 0. The van der Waals surface area contributed by atoms with Gasteiger partial charge in [0, 0.05) is 34.2 Å². The molecule has 1 aliphatic rings. The van der Waals surface area contributed by atoms with E-state index in [1.54, 1.807) is 0 Å². The van der Waals surface area contributed by atoms with Gasteiger partial charge in [-0.2, -0.15) is 0 Å². The molecule has 3 rings (SSSR count). The number of aryl methyl sites for hydroxylation is 1. The van der Waals surface area contributed by atoms with E-state index >= 15 is 0 Å². The Balaban J connectivity index is 1.91. The molecule has 0 bridgehead atoms. The van der Waals surface area contributed by atoms with Crippen LogP contribution >= 0.6 is 11.3 Å². The fourth-order valence-corrected chi connectivity index (χ4v) is 4.50. The number of hydrogen-bond donors (Lipinski definition) is 1. The Morgan fingerprint density at radius 3 is 2.86 bits per heavy atom. The molecule has 0 aliphatic carbocycles. The zero-order valence-corrected chi connectivity index (χ0v) is 13.5. The second-order valence-electron chi connectivity index (χ2n) is 5.93. The lowest BCUT2D eigenvalue weighted by atomic mass is 10.0. The van der Waals surface area contributed by atoms with Crippen LogP contribution in [-0.4, -0.2) is 22.5 Å². The van der Waals surface area contributed by atoms with Gasteiger partial charge in [0.15, 0.2) is 0 Å². The topological polar surface area (TPSA) is 42.1 Å². The van der Waals surface area contributed by atoms with E-state index in [2.05, 4.69) is 41.9 Å². The van der Waals surface area contributed by atoms with Crippen LogP contribution in [0.15, 0.2) is 36.7 Å². The molecule has 112 valence electrons. The minimum absolute atomic E-state index is 0.125. The Bertz CT molecular complexity index is 579. The van der Waals surface area contributed by atoms with Crippen molar-refractivity contribution < 1.29 is 0 Å². The molecule has 3 nitrogen and oxygen atoms in total. The van der Waals surface area contributed by atoms with Crippen molar-refractivity contribution in [2.75, 3.05) is 6.54 Å². The third-order valence-corrected chi connectivity index (χ3v) is 5.34. The lowest BCUT2D eigenvalue weighted by Crippen LogP contribution is -2.38. The molecule has 3 unspecified atom stereocenters. The van der Waals surface area contributed by atoms with Gasteiger partial charge in [-0.15, -0.1) is 11.3 Å². The molecule has 1 aliphatic heterocycles. The van der Waals surface area contributed by atoms with Crippen molar-refractivity contribution in [1.29, 1.82) is 0 Å². The van der Waals surface area contributed by atoms with Gasteiger partial charge in [0.2, 0.25) is 0 Å². The molecule has 4 heteroatoms. The highest BCUT2D eigenvalue weighted by Crippen LogP contribution is 2.41. The highest BCUT2D eigenvalue weighted by molar-refractivity contribution is 7.12. The van der Waals surface area contributed by atoms with E-state index in [-0.39, 0.29) is 6.04 Å². The Hall–Kier alpha value is -1.23. The quantitative estimate of drug-likeness (QED) is 0.936. The van der Waals surface area contributed by atoms with E-state index in [1.807, 2.05) is 29.8 Å². The molecular weight excluding hydrogens is 278 g/mol. The molecule has 2 N–H and O–H groups in total. The minimum atomic E-state index is 0.125. The first-order valence-electron chi connectivity index (χ1n) is 7.64. The molecule has 1 fully saturated rings. The standard InChI is InChI=1S/C17H23N3S/c1-12-7-8-16(21-12)17(13(2)18)20-10-4-6-15(20)14-5-3-9-19-11-14/h3,5,7-9,11,13,15,17H,4,6,10,18H2,1-2H3. The van der Waals surface area contributed by atoms with Crippen molar-refractivity contribution in [1.82, 2.24) is 9.88 Å². The van der Waals surface area contributed by atoms with Gasteiger partial charge in [-0.25, -0.2) is 0 Å². The third-order valence-electron chi connectivity index (χ3n) is 4.27. The van der Waals surface area contributed by atoms with Crippen molar-refractivity contribution >= 4 is 11.3 Å². The SMILES string of the molecule is Cc1ccc(C(C(C)N)N2CCCC2c2cccnc2)s1. The van der Waals surface area contributed by atoms with E-state index in [9.17, 15) is 0 Å². The van der Waals surface area contributed by atoms with E-state index in [0.717, 1.165) is 6.54 Å². The Labute approximate surface area is 130 Å². The first-order chi connectivity index (χ1) is 10.2. The summed E-state index contributed by atoms with van der Waals surface area (Å²) in [4.78, 5) is 9.61. The van der Waals surface area contributed by atoms with Gasteiger partial charge in [-0.1, -0.05) is 6.07 Å². The van der Waals surface area contributed by atoms with Gasteiger partial charge in [-0.05, 0) is 57.0 Å². The molecule has 0 spiro atoms. The van der Waals surface area contributed by atoms with Crippen LogP contribution in [0.5, 0.6) is 0 Å². The molecule has 21 heavy (non-hydrogen) atoms. The van der Waals surface area contributed by atoms with Gasteiger partial charge < -0.3 is 5.73 Å². The summed E-state index contributed by atoms with van der Waals surface area (Å²) in [6, 6.07) is 9.53. The zero-order chi connectivity index (χ0) is 14.8. The fraction of sp³-hybridized carbons (Fsp3) is 0.471. The molecule has 2 aromatic heterocycles. The van der Waals surface area contributed by atoms with Gasteiger partial charge >= 0.3 is 0 Å². The van der Waals surface area contributed by atoms with Crippen LogP contribution < -0.4 is 5.73 Å². The predicted octanol–water partition coefficient (Wildman–Crippen LogP) is 3.68. The third kappa shape index (κ3) is 3.03.